The molecular weight excluding hydrogens is 247 g/mol. The average Bonchev–Trinajstić information content (AvgIpc) is 2.28. The van der Waals surface area contributed by atoms with E-state index >= 15 is 0 Å². The molecule has 0 radical (unpaired) electrons. The van der Waals surface area contributed by atoms with E-state index in [9.17, 15) is 18.0 Å². The van der Waals surface area contributed by atoms with Gasteiger partial charge in [0.2, 0.25) is 5.91 Å². The summed E-state index contributed by atoms with van der Waals surface area (Å²) in [6, 6.07) is 7.91. The lowest BCUT2D eigenvalue weighted by molar-refractivity contribution is -0.126. The second-order valence-corrected chi connectivity index (χ2v) is 3.46. The van der Waals surface area contributed by atoms with E-state index in [4.69, 9.17) is 5.26 Å². The Morgan fingerprint density at radius 1 is 1.28 bits per heavy atom. The number of anilines is 1. The molecule has 1 amide bonds. The summed E-state index contributed by atoms with van der Waals surface area (Å²) in [6.45, 7) is -1.65. The molecule has 18 heavy (non-hydrogen) atoms. The predicted octanol–water partition coefficient (Wildman–Crippen LogP) is 1.65. The van der Waals surface area contributed by atoms with Crippen LogP contribution in [0.3, 0.4) is 0 Å². The summed E-state index contributed by atoms with van der Waals surface area (Å²) >= 11 is 0. The van der Waals surface area contributed by atoms with Crippen LogP contribution in [0.2, 0.25) is 0 Å². The van der Waals surface area contributed by atoms with Crippen molar-refractivity contribution < 1.29 is 18.0 Å². The second kappa shape index (κ2) is 6.02. The van der Waals surface area contributed by atoms with Gasteiger partial charge >= 0.3 is 6.18 Å². The largest absolute Gasteiger partial charge is 0.401 e. The summed E-state index contributed by atoms with van der Waals surface area (Å²) < 4.78 is 35.4. The van der Waals surface area contributed by atoms with Crippen molar-refractivity contribution in [1.82, 2.24) is 5.32 Å². The number of halogens is 3. The first-order valence-corrected chi connectivity index (χ1v) is 4.98. The molecule has 4 nitrogen and oxygen atoms in total. The van der Waals surface area contributed by atoms with Crippen molar-refractivity contribution in [2.45, 2.75) is 6.18 Å². The van der Waals surface area contributed by atoms with Crippen LogP contribution >= 0.6 is 0 Å². The molecule has 0 aliphatic carbocycles. The van der Waals surface area contributed by atoms with Gasteiger partial charge < -0.3 is 10.6 Å². The summed E-state index contributed by atoms with van der Waals surface area (Å²) in [5, 5.41) is 12.9. The Balaban J connectivity index is 2.38. The summed E-state index contributed by atoms with van der Waals surface area (Å²) in [6.07, 6.45) is -4.34. The molecule has 1 aromatic carbocycles. The minimum Gasteiger partial charge on any atom is -0.325 e. The van der Waals surface area contributed by atoms with Gasteiger partial charge in [-0.05, 0) is 24.3 Å². The van der Waals surface area contributed by atoms with Gasteiger partial charge in [0.25, 0.3) is 0 Å². The Kier molecular flexibility index (Phi) is 4.68. The zero-order valence-electron chi connectivity index (χ0n) is 9.21. The highest BCUT2D eigenvalue weighted by Gasteiger charge is 2.26. The molecule has 0 bridgehead atoms. The van der Waals surface area contributed by atoms with E-state index in [0.717, 1.165) is 0 Å². The van der Waals surface area contributed by atoms with Crippen LogP contribution in [0, 0.1) is 11.3 Å². The number of nitriles is 1. The molecule has 0 fully saturated rings. The summed E-state index contributed by atoms with van der Waals surface area (Å²) in [4.78, 5) is 11.2. The number of hydrogen-bond donors (Lipinski definition) is 2. The highest BCUT2D eigenvalue weighted by molar-refractivity contribution is 5.92. The van der Waals surface area contributed by atoms with Crippen molar-refractivity contribution in [3.8, 4) is 6.07 Å². The quantitative estimate of drug-likeness (QED) is 0.862. The molecule has 0 saturated heterocycles. The zero-order valence-corrected chi connectivity index (χ0v) is 9.21. The molecule has 7 heteroatoms. The van der Waals surface area contributed by atoms with Gasteiger partial charge in [-0.15, -0.1) is 0 Å². The number of alkyl halides is 3. The fourth-order valence-electron chi connectivity index (χ4n) is 1.15. The highest BCUT2D eigenvalue weighted by atomic mass is 19.4. The normalized spacial score (nSPS) is 10.8. The molecule has 96 valence electrons. The van der Waals surface area contributed by atoms with E-state index in [-0.39, 0.29) is 0 Å². The van der Waals surface area contributed by atoms with E-state index < -0.39 is 25.2 Å². The molecule has 0 saturated carbocycles. The van der Waals surface area contributed by atoms with Crippen LogP contribution in [0.1, 0.15) is 5.56 Å². The van der Waals surface area contributed by atoms with Crippen LogP contribution in [-0.4, -0.2) is 25.2 Å². The number of rotatable bonds is 4. The third-order valence-electron chi connectivity index (χ3n) is 1.91. The minimum atomic E-state index is -4.34. The SMILES string of the molecule is N#Cc1ccc(NC(=O)CNCC(F)(F)F)cc1. The third-order valence-corrected chi connectivity index (χ3v) is 1.91. The number of carbonyl (C=O) groups excluding carboxylic acids is 1. The molecule has 2 N–H and O–H groups in total. The number of hydrogen-bond acceptors (Lipinski definition) is 3. The Hall–Kier alpha value is -2.07. The van der Waals surface area contributed by atoms with Gasteiger partial charge in [-0.1, -0.05) is 0 Å². The predicted molar refractivity (Wildman–Crippen MR) is 58.7 cm³/mol. The van der Waals surface area contributed by atoms with E-state index in [1.807, 2.05) is 11.4 Å². The van der Waals surface area contributed by atoms with Crippen LogP contribution in [0.15, 0.2) is 24.3 Å². The van der Waals surface area contributed by atoms with Gasteiger partial charge in [0, 0.05) is 5.69 Å². The van der Waals surface area contributed by atoms with Crippen molar-refractivity contribution in [2.24, 2.45) is 0 Å². The lowest BCUT2D eigenvalue weighted by Gasteiger charge is -2.08. The average molecular weight is 257 g/mol. The molecule has 0 aliphatic rings. The molecule has 0 atom stereocenters. The minimum absolute atomic E-state index is 0.424. The van der Waals surface area contributed by atoms with Crippen LogP contribution in [0.25, 0.3) is 0 Å². The highest BCUT2D eigenvalue weighted by Crippen LogP contribution is 2.12. The molecule has 0 spiro atoms. The number of nitrogens with one attached hydrogen (secondary N) is 2. The van der Waals surface area contributed by atoms with Crippen molar-refractivity contribution >= 4 is 11.6 Å². The lowest BCUT2D eigenvalue weighted by Crippen LogP contribution is -2.35. The summed E-state index contributed by atoms with van der Waals surface area (Å²) in [7, 11) is 0. The maximum absolute atomic E-state index is 11.8. The third kappa shape index (κ3) is 5.32. The van der Waals surface area contributed by atoms with E-state index in [1.165, 1.54) is 24.3 Å². The lowest BCUT2D eigenvalue weighted by atomic mass is 10.2. The monoisotopic (exact) mass is 257 g/mol. The molecule has 0 unspecified atom stereocenters. The maximum Gasteiger partial charge on any atom is 0.401 e. The van der Waals surface area contributed by atoms with Gasteiger partial charge in [-0.2, -0.15) is 18.4 Å². The van der Waals surface area contributed by atoms with Crippen molar-refractivity contribution in [3.05, 3.63) is 29.8 Å². The van der Waals surface area contributed by atoms with Crippen LogP contribution in [0.4, 0.5) is 18.9 Å². The maximum atomic E-state index is 11.8. The first kappa shape index (κ1) is 14.0. The topological polar surface area (TPSA) is 64.9 Å². The first-order valence-electron chi connectivity index (χ1n) is 4.98. The van der Waals surface area contributed by atoms with Gasteiger partial charge in [-0.25, -0.2) is 0 Å². The Morgan fingerprint density at radius 2 is 1.89 bits per heavy atom. The van der Waals surface area contributed by atoms with Crippen LogP contribution in [0.5, 0.6) is 0 Å². The Bertz CT molecular complexity index is 448. The first-order chi connectivity index (χ1) is 8.40. The number of amides is 1. The molecule has 0 heterocycles. The van der Waals surface area contributed by atoms with E-state index in [1.54, 1.807) is 0 Å². The van der Waals surface area contributed by atoms with Crippen LogP contribution in [-0.2, 0) is 4.79 Å². The van der Waals surface area contributed by atoms with E-state index in [0.29, 0.717) is 11.3 Å². The number of carbonyl (C=O) groups is 1. The standard InChI is InChI=1S/C11H10F3N3O/c12-11(13,14)7-16-6-10(18)17-9-3-1-8(5-15)2-4-9/h1-4,16H,6-7H2,(H,17,18). The fourth-order valence-corrected chi connectivity index (χ4v) is 1.15. The number of nitrogens with zero attached hydrogens (tertiary/aromatic N) is 1. The molecule has 1 aromatic rings. The molecular formula is C11H10F3N3O. The molecule has 0 aromatic heterocycles. The van der Waals surface area contributed by atoms with Gasteiger partial charge in [-0.3, -0.25) is 4.79 Å². The smallest absolute Gasteiger partial charge is 0.325 e. The summed E-state index contributed by atoms with van der Waals surface area (Å²) in [5.74, 6) is -0.580. The van der Waals surface area contributed by atoms with Gasteiger partial charge in [0.15, 0.2) is 0 Å². The van der Waals surface area contributed by atoms with Gasteiger partial charge in [0.05, 0.1) is 24.7 Å². The van der Waals surface area contributed by atoms with Gasteiger partial charge in [0.1, 0.15) is 0 Å². The second-order valence-electron chi connectivity index (χ2n) is 3.46. The zero-order chi connectivity index (χ0) is 13.6. The number of benzene rings is 1. The van der Waals surface area contributed by atoms with Crippen molar-refractivity contribution in [1.29, 1.82) is 5.26 Å². The molecule has 1 rings (SSSR count). The van der Waals surface area contributed by atoms with Crippen molar-refractivity contribution in [3.63, 3.8) is 0 Å². The van der Waals surface area contributed by atoms with E-state index in [2.05, 4.69) is 5.32 Å². The fraction of sp³-hybridized carbons (Fsp3) is 0.273. The Labute approximate surface area is 101 Å². The van der Waals surface area contributed by atoms with Crippen LogP contribution < -0.4 is 10.6 Å². The molecule has 0 aliphatic heterocycles. The summed E-state index contributed by atoms with van der Waals surface area (Å²) in [5.41, 5.74) is 0.857. The Morgan fingerprint density at radius 3 is 2.39 bits per heavy atom. The van der Waals surface area contributed by atoms with Crippen molar-refractivity contribution in [2.75, 3.05) is 18.4 Å².